The van der Waals surface area contributed by atoms with E-state index >= 15 is 0 Å². The molecule has 0 radical (unpaired) electrons. The van der Waals surface area contributed by atoms with Gasteiger partial charge in [-0.2, -0.15) is 5.26 Å². The zero-order valence-electron chi connectivity index (χ0n) is 7.91. The number of thiocyanates is 1. The number of carbonyl (C=O) groups excluding carboxylic acids is 1. The average molecular weight is 273 g/mol. The summed E-state index contributed by atoms with van der Waals surface area (Å²) in [6.45, 7) is 0. The van der Waals surface area contributed by atoms with Crippen molar-refractivity contribution >= 4 is 40.9 Å². The highest BCUT2D eigenvalue weighted by Gasteiger charge is 2.10. The molecule has 1 aromatic rings. The molecule has 1 aromatic carbocycles. The summed E-state index contributed by atoms with van der Waals surface area (Å²) in [5.41, 5.74) is 0.466. The van der Waals surface area contributed by atoms with E-state index in [1.54, 1.807) is 35.7 Å². The van der Waals surface area contributed by atoms with Crippen molar-refractivity contribution in [3.8, 4) is 5.40 Å². The largest absolute Gasteiger partial charge is 0.314 e. The van der Waals surface area contributed by atoms with Crippen molar-refractivity contribution in [2.75, 3.05) is 0 Å². The first-order valence-electron chi connectivity index (χ1n) is 4.12. The zero-order chi connectivity index (χ0) is 12.0. The molecule has 0 spiro atoms. The Morgan fingerprint density at radius 1 is 1.31 bits per heavy atom. The van der Waals surface area contributed by atoms with Gasteiger partial charge in [-0.1, -0.05) is 41.4 Å². The van der Waals surface area contributed by atoms with Crippen LogP contribution in [0.1, 0.15) is 10.4 Å². The first-order valence-corrected chi connectivity index (χ1v) is 5.70. The Morgan fingerprint density at radius 2 is 1.94 bits per heavy atom. The predicted octanol–water partition coefficient (Wildman–Crippen LogP) is 3.23. The molecule has 0 heterocycles. The molecule has 0 saturated carbocycles. The molecular formula is C10H6Cl2N2OS. The van der Waals surface area contributed by atoms with Crippen LogP contribution in [0, 0.1) is 10.7 Å². The monoisotopic (exact) mass is 272 g/mol. The molecule has 0 fully saturated rings. The van der Waals surface area contributed by atoms with Gasteiger partial charge in [0, 0.05) is 17.3 Å². The summed E-state index contributed by atoms with van der Waals surface area (Å²) in [6, 6.07) is 8.56. The average Bonchev–Trinajstić information content (AvgIpc) is 2.29. The van der Waals surface area contributed by atoms with Gasteiger partial charge in [-0.15, -0.1) is 0 Å². The van der Waals surface area contributed by atoms with E-state index in [0.29, 0.717) is 17.3 Å². The Balaban J connectivity index is 2.79. The molecule has 0 bridgehead atoms. The molecule has 0 unspecified atom stereocenters. The smallest absolute Gasteiger partial charge is 0.256 e. The van der Waals surface area contributed by atoms with E-state index < -0.39 is 0 Å². The van der Waals surface area contributed by atoms with E-state index in [1.807, 2.05) is 0 Å². The molecule has 1 rings (SSSR count). The van der Waals surface area contributed by atoms with Gasteiger partial charge in [-0.3, -0.25) is 4.79 Å². The molecular weight excluding hydrogens is 267 g/mol. The van der Waals surface area contributed by atoms with Gasteiger partial charge >= 0.3 is 0 Å². The number of nitrogens with one attached hydrogen (secondary N) is 1. The zero-order valence-corrected chi connectivity index (χ0v) is 10.2. The van der Waals surface area contributed by atoms with Crippen LogP contribution in [-0.4, -0.2) is 5.91 Å². The summed E-state index contributed by atoms with van der Waals surface area (Å²) in [4.78, 5) is 11.6. The lowest BCUT2D eigenvalue weighted by Crippen LogP contribution is -2.21. The quantitative estimate of drug-likeness (QED) is 0.860. The third-order valence-electron chi connectivity index (χ3n) is 1.58. The van der Waals surface area contributed by atoms with Crippen molar-refractivity contribution in [3.05, 3.63) is 45.4 Å². The Hall–Kier alpha value is -1.15. The molecule has 6 heteroatoms. The van der Waals surface area contributed by atoms with Gasteiger partial charge in [0.15, 0.2) is 0 Å². The lowest BCUT2D eigenvalue weighted by molar-refractivity contribution is 0.0969. The lowest BCUT2D eigenvalue weighted by Gasteiger charge is -2.05. The molecule has 3 nitrogen and oxygen atoms in total. The molecule has 0 saturated heterocycles. The minimum atomic E-state index is -0.364. The molecule has 0 aliphatic rings. The van der Waals surface area contributed by atoms with Gasteiger partial charge in [0.2, 0.25) is 0 Å². The van der Waals surface area contributed by atoms with Crippen LogP contribution in [0.25, 0.3) is 0 Å². The summed E-state index contributed by atoms with van der Waals surface area (Å²) in [6.07, 6.45) is 0. The summed E-state index contributed by atoms with van der Waals surface area (Å²) < 4.78 is -0.143. The highest BCUT2D eigenvalue weighted by atomic mass is 35.5. The van der Waals surface area contributed by atoms with Crippen LogP contribution in [-0.2, 0) is 0 Å². The van der Waals surface area contributed by atoms with Gasteiger partial charge in [0.05, 0.1) is 0 Å². The van der Waals surface area contributed by atoms with Crippen LogP contribution in [0.2, 0.25) is 0 Å². The van der Waals surface area contributed by atoms with E-state index in [2.05, 4.69) is 5.32 Å². The fourth-order valence-corrected chi connectivity index (χ4v) is 1.56. The van der Waals surface area contributed by atoms with Crippen molar-refractivity contribution in [2.45, 2.75) is 0 Å². The van der Waals surface area contributed by atoms with Gasteiger partial charge in [-0.05, 0) is 12.1 Å². The number of hydrogen-bond acceptors (Lipinski definition) is 3. The predicted molar refractivity (Wildman–Crippen MR) is 65.8 cm³/mol. The Morgan fingerprint density at radius 3 is 2.44 bits per heavy atom. The van der Waals surface area contributed by atoms with Crippen LogP contribution in [0.15, 0.2) is 39.9 Å². The van der Waals surface area contributed by atoms with Crippen molar-refractivity contribution in [1.82, 2.24) is 5.32 Å². The van der Waals surface area contributed by atoms with E-state index in [-0.39, 0.29) is 15.4 Å². The first-order chi connectivity index (χ1) is 7.65. The van der Waals surface area contributed by atoms with Crippen molar-refractivity contribution in [1.29, 1.82) is 5.26 Å². The van der Waals surface area contributed by atoms with E-state index in [1.165, 1.54) is 0 Å². The summed E-state index contributed by atoms with van der Waals surface area (Å²) in [7, 11) is 0. The topological polar surface area (TPSA) is 52.9 Å². The number of carbonyl (C=O) groups is 1. The second-order valence-corrected chi connectivity index (χ2v) is 4.35. The standard InChI is InChI=1S/C10H6Cl2N2OS/c11-8(12)10(16-6-13)14-9(15)7-4-2-1-3-5-7/h1-5H,(H,14,15). The Labute approximate surface area is 107 Å². The van der Waals surface area contributed by atoms with Crippen LogP contribution >= 0.6 is 35.0 Å². The van der Waals surface area contributed by atoms with Crippen molar-refractivity contribution < 1.29 is 4.79 Å². The Kier molecular flexibility index (Phi) is 5.20. The fraction of sp³-hybridized carbons (Fsp3) is 0. The second-order valence-electron chi connectivity index (χ2n) is 2.60. The van der Waals surface area contributed by atoms with Gasteiger partial charge in [0.25, 0.3) is 5.91 Å². The molecule has 0 atom stereocenters. The number of halogens is 2. The summed E-state index contributed by atoms with van der Waals surface area (Å²) >= 11 is 11.7. The third kappa shape index (κ3) is 3.78. The molecule has 0 aromatic heterocycles. The second kappa shape index (κ2) is 6.44. The van der Waals surface area contributed by atoms with Crippen LogP contribution in [0.3, 0.4) is 0 Å². The highest BCUT2D eigenvalue weighted by molar-refractivity contribution is 8.07. The van der Waals surface area contributed by atoms with Gasteiger partial charge in [0.1, 0.15) is 14.9 Å². The molecule has 16 heavy (non-hydrogen) atoms. The maximum absolute atomic E-state index is 11.6. The molecule has 0 aliphatic carbocycles. The highest BCUT2D eigenvalue weighted by Crippen LogP contribution is 2.22. The van der Waals surface area contributed by atoms with Crippen molar-refractivity contribution in [3.63, 3.8) is 0 Å². The van der Waals surface area contributed by atoms with Crippen molar-refractivity contribution in [2.24, 2.45) is 0 Å². The number of nitrogens with zero attached hydrogens (tertiary/aromatic N) is 1. The van der Waals surface area contributed by atoms with E-state index in [0.717, 1.165) is 0 Å². The molecule has 0 aliphatic heterocycles. The number of rotatable bonds is 3. The lowest BCUT2D eigenvalue weighted by atomic mass is 10.2. The maximum Gasteiger partial charge on any atom is 0.256 e. The molecule has 1 amide bonds. The van der Waals surface area contributed by atoms with Gasteiger partial charge in [-0.25, -0.2) is 0 Å². The number of benzene rings is 1. The number of amides is 1. The first kappa shape index (κ1) is 12.9. The van der Waals surface area contributed by atoms with E-state index in [4.69, 9.17) is 28.5 Å². The maximum atomic E-state index is 11.6. The number of nitriles is 1. The Bertz CT molecular complexity index is 450. The minimum absolute atomic E-state index is 0.125. The summed E-state index contributed by atoms with van der Waals surface area (Å²) in [5, 5.41) is 12.8. The fourth-order valence-electron chi connectivity index (χ4n) is 0.922. The normalized spacial score (nSPS) is 9.06. The van der Waals surface area contributed by atoms with E-state index in [9.17, 15) is 4.79 Å². The number of hydrogen-bond donors (Lipinski definition) is 1. The van der Waals surface area contributed by atoms with Crippen LogP contribution in [0.4, 0.5) is 0 Å². The molecule has 82 valence electrons. The van der Waals surface area contributed by atoms with Crippen LogP contribution < -0.4 is 5.32 Å². The minimum Gasteiger partial charge on any atom is -0.314 e. The summed E-state index contributed by atoms with van der Waals surface area (Å²) in [5.74, 6) is -0.364. The van der Waals surface area contributed by atoms with Crippen LogP contribution in [0.5, 0.6) is 0 Å². The molecule has 1 N–H and O–H groups in total. The number of thioether (sulfide) groups is 1. The third-order valence-corrected chi connectivity index (χ3v) is 2.79. The van der Waals surface area contributed by atoms with Gasteiger partial charge < -0.3 is 5.32 Å². The SMILES string of the molecule is N#CSC(NC(=O)c1ccccc1)=C(Cl)Cl.